The summed E-state index contributed by atoms with van der Waals surface area (Å²) in [5.74, 6) is -0.286. The van der Waals surface area contributed by atoms with E-state index in [4.69, 9.17) is 0 Å². The largest absolute Gasteiger partial charge is 0.416 e. The van der Waals surface area contributed by atoms with Crippen LogP contribution in [0.4, 0.5) is 18.9 Å². The normalized spacial score (nSPS) is 11.8. The number of sulfonamides is 1. The van der Waals surface area contributed by atoms with Gasteiger partial charge in [0.2, 0.25) is 0 Å². The predicted molar refractivity (Wildman–Crippen MR) is 104 cm³/mol. The second-order valence-electron chi connectivity index (χ2n) is 5.95. The summed E-state index contributed by atoms with van der Waals surface area (Å²) < 4.78 is 64.9. The van der Waals surface area contributed by atoms with Crippen molar-refractivity contribution in [1.82, 2.24) is 5.32 Å². The highest BCUT2D eigenvalue weighted by molar-refractivity contribution is 7.94. The van der Waals surface area contributed by atoms with Gasteiger partial charge in [-0.15, -0.1) is 11.3 Å². The van der Waals surface area contributed by atoms with E-state index in [1.165, 1.54) is 6.07 Å². The Morgan fingerprint density at radius 2 is 1.59 bits per heavy atom. The van der Waals surface area contributed by atoms with Crippen molar-refractivity contribution in [1.29, 1.82) is 0 Å². The molecule has 3 rings (SSSR count). The van der Waals surface area contributed by atoms with Gasteiger partial charge in [-0.25, -0.2) is 8.42 Å². The van der Waals surface area contributed by atoms with E-state index in [1.54, 1.807) is 36.4 Å². The number of hydrogen-bond acceptors (Lipinski definition) is 4. The Morgan fingerprint density at radius 3 is 2.21 bits per heavy atom. The van der Waals surface area contributed by atoms with Gasteiger partial charge in [0, 0.05) is 16.1 Å². The quantitative estimate of drug-likeness (QED) is 0.593. The van der Waals surface area contributed by atoms with Crippen molar-refractivity contribution in [2.24, 2.45) is 0 Å². The molecule has 29 heavy (non-hydrogen) atoms. The van der Waals surface area contributed by atoms with Crippen LogP contribution < -0.4 is 10.0 Å². The first-order chi connectivity index (χ1) is 13.6. The molecule has 0 radical (unpaired) electrons. The first-order valence-electron chi connectivity index (χ1n) is 8.27. The van der Waals surface area contributed by atoms with Crippen LogP contribution in [0.15, 0.2) is 70.9 Å². The third kappa shape index (κ3) is 5.36. The second-order valence-corrected chi connectivity index (χ2v) is 9.03. The fourth-order valence-corrected chi connectivity index (χ4v) is 4.74. The van der Waals surface area contributed by atoms with Gasteiger partial charge < -0.3 is 5.32 Å². The number of nitrogens with one attached hydrogen (secondary N) is 2. The van der Waals surface area contributed by atoms with Crippen molar-refractivity contribution in [3.63, 3.8) is 0 Å². The van der Waals surface area contributed by atoms with Crippen molar-refractivity contribution in [3.05, 3.63) is 82.7 Å². The molecule has 0 atom stereocenters. The molecule has 5 nitrogen and oxygen atoms in total. The fraction of sp³-hybridized carbons (Fsp3) is 0.105. The monoisotopic (exact) mass is 440 g/mol. The minimum Gasteiger partial charge on any atom is -0.347 e. The van der Waals surface area contributed by atoms with Crippen LogP contribution in [-0.2, 0) is 22.7 Å². The Bertz CT molecular complexity index is 1090. The molecular formula is C19H15F3N2O3S2. The summed E-state index contributed by atoms with van der Waals surface area (Å²) in [6, 6.07) is 15.2. The molecule has 0 spiro atoms. The van der Waals surface area contributed by atoms with E-state index in [1.807, 2.05) is 0 Å². The van der Waals surface area contributed by atoms with E-state index < -0.39 is 21.8 Å². The summed E-state index contributed by atoms with van der Waals surface area (Å²) in [5.41, 5.74) is -0.362. The Balaban J connectivity index is 1.65. The van der Waals surface area contributed by atoms with Crippen LogP contribution in [0.3, 0.4) is 0 Å². The van der Waals surface area contributed by atoms with Crippen molar-refractivity contribution < 1.29 is 26.4 Å². The van der Waals surface area contributed by atoms with Crippen LogP contribution in [0.25, 0.3) is 0 Å². The topological polar surface area (TPSA) is 75.3 Å². The molecule has 0 unspecified atom stereocenters. The fourth-order valence-electron chi connectivity index (χ4n) is 2.39. The number of rotatable bonds is 6. The number of hydrogen-bond donors (Lipinski definition) is 2. The average molecular weight is 440 g/mol. The van der Waals surface area contributed by atoms with Crippen molar-refractivity contribution in [3.8, 4) is 0 Å². The summed E-state index contributed by atoms with van der Waals surface area (Å²) in [6.07, 6.45) is -4.50. The average Bonchev–Trinajstić information content (AvgIpc) is 3.16. The SMILES string of the molecule is O=C(NCc1ccc(S(=O)(=O)Nc2ccc(C(F)(F)F)cc2)s1)c1ccccc1. The zero-order chi connectivity index (χ0) is 21.1. The Morgan fingerprint density at radius 1 is 0.931 bits per heavy atom. The van der Waals surface area contributed by atoms with Gasteiger partial charge in [-0.2, -0.15) is 13.2 Å². The molecule has 0 saturated carbocycles. The lowest BCUT2D eigenvalue weighted by Crippen LogP contribution is -2.22. The lowest BCUT2D eigenvalue weighted by Gasteiger charge is -2.09. The first-order valence-corrected chi connectivity index (χ1v) is 10.6. The van der Waals surface area contributed by atoms with Gasteiger partial charge in [0.1, 0.15) is 4.21 Å². The second kappa shape index (κ2) is 8.26. The molecule has 0 aliphatic rings. The van der Waals surface area contributed by atoms with Gasteiger partial charge in [-0.1, -0.05) is 18.2 Å². The number of carbonyl (C=O) groups excluding carboxylic acids is 1. The molecule has 1 aromatic heterocycles. The van der Waals surface area contributed by atoms with E-state index in [2.05, 4.69) is 10.0 Å². The van der Waals surface area contributed by atoms with Crippen LogP contribution in [0.1, 0.15) is 20.8 Å². The maximum Gasteiger partial charge on any atom is 0.416 e. The minimum atomic E-state index is -4.50. The smallest absolute Gasteiger partial charge is 0.347 e. The van der Waals surface area contributed by atoms with Crippen molar-refractivity contribution in [2.45, 2.75) is 16.9 Å². The minimum absolute atomic E-state index is 0.0126. The van der Waals surface area contributed by atoms with Gasteiger partial charge in [0.15, 0.2) is 0 Å². The zero-order valence-corrected chi connectivity index (χ0v) is 16.4. The molecule has 0 fully saturated rings. The molecule has 1 amide bonds. The number of halogens is 3. The molecular weight excluding hydrogens is 425 g/mol. The highest BCUT2D eigenvalue weighted by atomic mass is 32.2. The molecule has 0 bridgehead atoms. The summed E-state index contributed by atoms with van der Waals surface area (Å²) >= 11 is 0.958. The van der Waals surface area contributed by atoms with Gasteiger partial charge in [0.25, 0.3) is 15.9 Å². The van der Waals surface area contributed by atoms with Gasteiger partial charge in [0.05, 0.1) is 12.1 Å². The number of alkyl halides is 3. The van der Waals surface area contributed by atoms with E-state index in [0.29, 0.717) is 10.4 Å². The number of carbonyl (C=O) groups is 1. The lowest BCUT2D eigenvalue weighted by molar-refractivity contribution is -0.137. The van der Waals surface area contributed by atoms with Gasteiger partial charge in [-0.3, -0.25) is 9.52 Å². The lowest BCUT2D eigenvalue weighted by atomic mass is 10.2. The summed E-state index contributed by atoms with van der Waals surface area (Å²) in [4.78, 5) is 12.7. The van der Waals surface area contributed by atoms with Crippen molar-refractivity contribution in [2.75, 3.05) is 4.72 Å². The maximum absolute atomic E-state index is 12.6. The molecule has 0 aliphatic heterocycles. The third-order valence-electron chi connectivity index (χ3n) is 3.83. The van der Waals surface area contributed by atoms with Crippen LogP contribution >= 0.6 is 11.3 Å². The first kappa shape index (κ1) is 20.9. The molecule has 2 N–H and O–H groups in total. The molecule has 1 heterocycles. The van der Waals surface area contributed by atoms with E-state index in [-0.39, 0.29) is 22.3 Å². The Hall–Kier alpha value is -2.85. The van der Waals surface area contributed by atoms with Crippen molar-refractivity contribution >= 4 is 33.0 Å². The van der Waals surface area contributed by atoms with E-state index in [9.17, 15) is 26.4 Å². The standard InChI is InChI=1S/C19H15F3N2O3S2/c20-19(21,22)14-6-8-15(9-7-14)24-29(26,27)17-11-10-16(28-17)12-23-18(25)13-4-2-1-3-5-13/h1-11,24H,12H2,(H,23,25). The van der Waals surface area contributed by atoms with Crippen LogP contribution in [-0.4, -0.2) is 14.3 Å². The van der Waals surface area contributed by atoms with E-state index >= 15 is 0 Å². The van der Waals surface area contributed by atoms with Gasteiger partial charge in [-0.05, 0) is 48.5 Å². The molecule has 0 aliphatic carbocycles. The summed E-state index contributed by atoms with van der Waals surface area (Å²) in [7, 11) is -3.96. The molecule has 10 heteroatoms. The van der Waals surface area contributed by atoms with Crippen LogP contribution in [0.2, 0.25) is 0 Å². The van der Waals surface area contributed by atoms with Crippen LogP contribution in [0.5, 0.6) is 0 Å². The number of benzene rings is 2. The zero-order valence-electron chi connectivity index (χ0n) is 14.7. The summed E-state index contributed by atoms with van der Waals surface area (Å²) in [5, 5.41) is 2.70. The number of amides is 1. The number of anilines is 1. The Labute approximate surface area is 169 Å². The van der Waals surface area contributed by atoms with E-state index in [0.717, 1.165) is 35.6 Å². The number of thiophene rings is 1. The summed E-state index contributed by atoms with van der Waals surface area (Å²) in [6.45, 7) is 0.147. The van der Waals surface area contributed by atoms with Gasteiger partial charge >= 0.3 is 6.18 Å². The molecule has 0 saturated heterocycles. The van der Waals surface area contributed by atoms with Crippen LogP contribution in [0, 0.1) is 0 Å². The molecule has 152 valence electrons. The third-order valence-corrected chi connectivity index (χ3v) is 6.78. The molecule has 2 aromatic carbocycles. The maximum atomic E-state index is 12.6. The predicted octanol–water partition coefficient (Wildman–Crippen LogP) is 4.50. The molecule has 3 aromatic rings. The highest BCUT2D eigenvalue weighted by Crippen LogP contribution is 2.30. The Kier molecular flexibility index (Phi) is 5.94. The highest BCUT2D eigenvalue weighted by Gasteiger charge is 2.30.